The van der Waals surface area contributed by atoms with Crippen LogP contribution in [0.25, 0.3) is 0 Å². The van der Waals surface area contributed by atoms with Crippen molar-refractivity contribution in [2.75, 3.05) is 26.8 Å². The van der Waals surface area contributed by atoms with E-state index in [4.69, 9.17) is 4.74 Å². The van der Waals surface area contributed by atoms with Crippen molar-refractivity contribution in [3.63, 3.8) is 0 Å². The third-order valence-electron chi connectivity index (χ3n) is 3.78. The van der Waals surface area contributed by atoms with Gasteiger partial charge in [-0.3, -0.25) is 4.79 Å². The molecule has 0 aromatic carbocycles. The van der Waals surface area contributed by atoms with Crippen molar-refractivity contribution in [3.8, 4) is 0 Å². The summed E-state index contributed by atoms with van der Waals surface area (Å²) in [5.41, 5.74) is 0.0869. The van der Waals surface area contributed by atoms with Crippen molar-refractivity contribution < 1.29 is 9.53 Å². The van der Waals surface area contributed by atoms with Crippen molar-refractivity contribution in [2.45, 2.75) is 46.1 Å². The molecular formula is C14H28N2O2. The normalized spacial score (nSPS) is 24.9. The number of rotatable bonds is 6. The third-order valence-corrected chi connectivity index (χ3v) is 3.78. The molecule has 0 aromatic rings. The molecule has 1 rings (SSSR count). The lowest BCUT2D eigenvalue weighted by atomic mass is 9.88. The molecule has 106 valence electrons. The first kappa shape index (κ1) is 15.4. The lowest BCUT2D eigenvalue weighted by Crippen LogP contribution is -2.52. The largest absolute Gasteiger partial charge is 0.385 e. The highest BCUT2D eigenvalue weighted by atomic mass is 16.5. The molecule has 1 fully saturated rings. The molecule has 4 heteroatoms. The molecule has 1 saturated heterocycles. The average molecular weight is 256 g/mol. The summed E-state index contributed by atoms with van der Waals surface area (Å²) in [5, 5.41) is 6.39. The van der Waals surface area contributed by atoms with Gasteiger partial charge in [0, 0.05) is 20.3 Å². The highest BCUT2D eigenvalue weighted by Crippen LogP contribution is 2.20. The molecule has 2 atom stereocenters. The first-order valence-corrected chi connectivity index (χ1v) is 6.96. The monoisotopic (exact) mass is 256 g/mol. The van der Waals surface area contributed by atoms with E-state index in [0.717, 1.165) is 26.0 Å². The summed E-state index contributed by atoms with van der Waals surface area (Å²) in [7, 11) is 1.71. The van der Waals surface area contributed by atoms with E-state index in [1.807, 2.05) is 0 Å². The van der Waals surface area contributed by atoms with Crippen LogP contribution in [-0.2, 0) is 9.53 Å². The fourth-order valence-electron chi connectivity index (χ4n) is 2.30. The predicted octanol–water partition coefficient (Wildman–Crippen LogP) is 1.55. The van der Waals surface area contributed by atoms with E-state index in [9.17, 15) is 4.79 Å². The molecule has 0 saturated carbocycles. The molecule has 1 aliphatic rings. The second kappa shape index (κ2) is 7.10. The Labute approximate surface area is 111 Å². The van der Waals surface area contributed by atoms with Gasteiger partial charge in [-0.15, -0.1) is 0 Å². The number of nitrogens with one attached hydrogen (secondary N) is 2. The van der Waals surface area contributed by atoms with E-state index in [1.165, 1.54) is 6.42 Å². The Kier molecular flexibility index (Phi) is 6.09. The Morgan fingerprint density at radius 2 is 2.22 bits per heavy atom. The topological polar surface area (TPSA) is 50.4 Å². The molecule has 2 N–H and O–H groups in total. The summed E-state index contributed by atoms with van der Waals surface area (Å²) in [5.74, 6) is 0.577. The molecule has 4 nitrogen and oxygen atoms in total. The number of methoxy groups -OCH3 is 1. The minimum atomic E-state index is -0.0167. The van der Waals surface area contributed by atoms with Crippen molar-refractivity contribution in [2.24, 2.45) is 11.3 Å². The van der Waals surface area contributed by atoms with E-state index < -0.39 is 0 Å². The molecule has 18 heavy (non-hydrogen) atoms. The number of piperidine rings is 1. The summed E-state index contributed by atoms with van der Waals surface area (Å²) in [6.07, 6.45) is 3.26. The van der Waals surface area contributed by atoms with Crippen molar-refractivity contribution in [1.29, 1.82) is 0 Å². The van der Waals surface area contributed by atoms with Crippen LogP contribution in [0.15, 0.2) is 0 Å². The summed E-state index contributed by atoms with van der Waals surface area (Å²) in [6, 6.07) is -0.0167. The quantitative estimate of drug-likeness (QED) is 0.758. The van der Waals surface area contributed by atoms with Crippen LogP contribution in [0.5, 0.6) is 0 Å². The fourth-order valence-corrected chi connectivity index (χ4v) is 2.30. The van der Waals surface area contributed by atoms with Crippen LogP contribution in [0.2, 0.25) is 0 Å². The number of hydrogen-bond donors (Lipinski definition) is 2. The minimum Gasteiger partial charge on any atom is -0.385 e. The third kappa shape index (κ3) is 4.94. The molecule has 2 unspecified atom stereocenters. The molecule has 0 bridgehead atoms. The first-order chi connectivity index (χ1) is 8.46. The van der Waals surface area contributed by atoms with Gasteiger partial charge in [0.1, 0.15) is 0 Å². The number of hydrogen-bond acceptors (Lipinski definition) is 3. The first-order valence-electron chi connectivity index (χ1n) is 6.96. The van der Waals surface area contributed by atoms with E-state index in [2.05, 4.69) is 31.4 Å². The molecular weight excluding hydrogens is 228 g/mol. The number of ether oxygens (including phenoxy) is 1. The fraction of sp³-hybridized carbons (Fsp3) is 0.929. The van der Waals surface area contributed by atoms with E-state index in [0.29, 0.717) is 12.5 Å². The van der Waals surface area contributed by atoms with Crippen LogP contribution in [-0.4, -0.2) is 38.8 Å². The maximum absolute atomic E-state index is 12.1. The van der Waals surface area contributed by atoms with Gasteiger partial charge in [0.2, 0.25) is 5.91 Å². The van der Waals surface area contributed by atoms with Crippen molar-refractivity contribution >= 4 is 5.91 Å². The Hall–Kier alpha value is -0.610. The van der Waals surface area contributed by atoms with Gasteiger partial charge in [-0.1, -0.05) is 20.8 Å². The van der Waals surface area contributed by atoms with Crippen LogP contribution in [0, 0.1) is 11.3 Å². The molecule has 0 aromatic heterocycles. The smallest absolute Gasteiger partial charge is 0.237 e. The maximum Gasteiger partial charge on any atom is 0.237 e. The number of carbonyl (C=O) groups is 1. The zero-order valence-corrected chi connectivity index (χ0v) is 12.2. The molecule has 1 amide bonds. The number of amides is 1. The lowest BCUT2D eigenvalue weighted by molar-refractivity contribution is -0.125. The van der Waals surface area contributed by atoms with Crippen molar-refractivity contribution in [3.05, 3.63) is 0 Å². The highest BCUT2D eigenvalue weighted by molar-refractivity contribution is 5.82. The Balaban J connectivity index is 2.35. The second-order valence-corrected chi connectivity index (χ2v) is 6.18. The second-order valence-electron chi connectivity index (χ2n) is 6.18. The summed E-state index contributed by atoms with van der Waals surface area (Å²) >= 11 is 0. The van der Waals surface area contributed by atoms with Crippen LogP contribution in [0.1, 0.15) is 40.0 Å². The van der Waals surface area contributed by atoms with Gasteiger partial charge in [-0.2, -0.15) is 0 Å². The van der Waals surface area contributed by atoms with Crippen LogP contribution < -0.4 is 10.6 Å². The Morgan fingerprint density at radius 3 is 2.83 bits per heavy atom. The highest BCUT2D eigenvalue weighted by Gasteiger charge is 2.28. The van der Waals surface area contributed by atoms with Gasteiger partial charge < -0.3 is 15.4 Å². The maximum atomic E-state index is 12.1. The molecule has 1 heterocycles. The van der Waals surface area contributed by atoms with Gasteiger partial charge in [0.05, 0.1) is 6.04 Å². The van der Waals surface area contributed by atoms with Crippen LogP contribution in [0.3, 0.4) is 0 Å². The van der Waals surface area contributed by atoms with E-state index >= 15 is 0 Å². The van der Waals surface area contributed by atoms with Gasteiger partial charge in [-0.05, 0) is 37.1 Å². The standard InChI is InChI=1S/C14H28N2O2/c1-11-6-5-8-15-12(11)13(17)16-10-14(2,3)7-9-18-4/h11-12,15H,5-10H2,1-4H3,(H,16,17). The zero-order chi connectivity index (χ0) is 13.6. The van der Waals surface area contributed by atoms with Gasteiger partial charge in [0.25, 0.3) is 0 Å². The SMILES string of the molecule is COCCC(C)(C)CNC(=O)C1NCCCC1C. The molecule has 1 aliphatic heterocycles. The zero-order valence-electron chi connectivity index (χ0n) is 12.2. The van der Waals surface area contributed by atoms with Gasteiger partial charge in [0.15, 0.2) is 0 Å². The lowest BCUT2D eigenvalue weighted by Gasteiger charge is -2.31. The summed E-state index contributed by atoms with van der Waals surface area (Å²) < 4.78 is 5.09. The van der Waals surface area contributed by atoms with Gasteiger partial charge in [-0.25, -0.2) is 0 Å². The predicted molar refractivity (Wildman–Crippen MR) is 73.5 cm³/mol. The van der Waals surface area contributed by atoms with E-state index in [-0.39, 0.29) is 17.4 Å². The number of carbonyl (C=O) groups excluding carboxylic acids is 1. The van der Waals surface area contributed by atoms with Crippen LogP contribution >= 0.6 is 0 Å². The Morgan fingerprint density at radius 1 is 1.50 bits per heavy atom. The van der Waals surface area contributed by atoms with Crippen molar-refractivity contribution in [1.82, 2.24) is 10.6 Å². The van der Waals surface area contributed by atoms with Crippen LogP contribution in [0.4, 0.5) is 0 Å². The molecule has 0 spiro atoms. The average Bonchev–Trinajstić information content (AvgIpc) is 2.34. The minimum absolute atomic E-state index is 0.0167. The summed E-state index contributed by atoms with van der Waals surface area (Å²) in [6.45, 7) is 8.86. The molecule has 0 aliphatic carbocycles. The summed E-state index contributed by atoms with van der Waals surface area (Å²) in [4.78, 5) is 12.1. The Bertz CT molecular complexity index is 267. The van der Waals surface area contributed by atoms with E-state index in [1.54, 1.807) is 7.11 Å². The molecule has 0 radical (unpaired) electrons. The van der Waals surface area contributed by atoms with Gasteiger partial charge >= 0.3 is 0 Å².